The number of benzene rings is 2. The van der Waals surface area contributed by atoms with Crippen molar-refractivity contribution in [1.82, 2.24) is 14.9 Å². The van der Waals surface area contributed by atoms with Crippen molar-refractivity contribution < 1.29 is 9.53 Å². The Kier molecular flexibility index (Phi) is 6.21. The first-order chi connectivity index (χ1) is 12.9. The molecule has 1 amide bonds. The third-order valence-electron chi connectivity index (χ3n) is 3.67. The molecule has 3 aromatic rings. The van der Waals surface area contributed by atoms with Gasteiger partial charge in [-0.2, -0.15) is 0 Å². The topological polar surface area (TPSA) is 73.2 Å². The van der Waals surface area contributed by atoms with Gasteiger partial charge in [-0.1, -0.05) is 34.8 Å². The lowest BCUT2D eigenvalue weighted by Crippen LogP contribution is -2.34. The van der Waals surface area contributed by atoms with Crippen LogP contribution in [0.4, 0.5) is 0 Å². The second-order valence-electron chi connectivity index (χ2n) is 5.61. The van der Waals surface area contributed by atoms with E-state index in [1.54, 1.807) is 24.3 Å². The third kappa shape index (κ3) is 4.91. The maximum atomic E-state index is 12.5. The van der Waals surface area contributed by atoms with Crippen LogP contribution in [0.2, 0.25) is 15.1 Å². The number of hydrogen-bond acceptors (Lipinski definition) is 4. The average molecular weight is 427 g/mol. The van der Waals surface area contributed by atoms with Gasteiger partial charge in [-0.3, -0.25) is 14.2 Å². The van der Waals surface area contributed by atoms with E-state index in [0.717, 1.165) is 0 Å². The number of halogens is 3. The summed E-state index contributed by atoms with van der Waals surface area (Å²) in [5.74, 6) is 0.309. The number of rotatable bonds is 6. The van der Waals surface area contributed by atoms with E-state index in [-0.39, 0.29) is 36.0 Å². The van der Waals surface area contributed by atoms with Crippen LogP contribution in [0.25, 0.3) is 10.9 Å². The summed E-state index contributed by atoms with van der Waals surface area (Å²) in [5, 5.41) is 4.17. The van der Waals surface area contributed by atoms with Crippen LogP contribution in [0.3, 0.4) is 0 Å². The first-order valence-electron chi connectivity index (χ1n) is 7.93. The SMILES string of the molecule is O=C(Cn1cnc2c(Cl)cc(Cl)cc2c1=O)NCCOc1ccc(Cl)cc1. The lowest BCUT2D eigenvalue weighted by atomic mass is 10.2. The second kappa shape index (κ2) is 8.61. The van der Waals surface area contributed by atoms with E-state index in [9.17, 15) is 9.59 Å². The van der Waals surface area contributed by atoms with Crippen molar-refractivity contribution in [1.29, 1.82) is 0 Å². The summed E-state index contributed by atoms with van der Waals surface area (Å²) < 4.78 is 6.68. The van der Waals surface area contributed by atoms with Gasteiger partial charge < -0.3 is 10.1 Å². The van der Waals surface area contributed by atoms with Crippen molar-refractivity contribution in [3.8, 4) is 5.75 Å². The van der Waals surface area contributed by atoms with Crippen LogP contribution in [0.1, 0.15) is 0 Å². The molecule has 0 spiro atoms. The molecule has 0 radical (unpaired) electrons. The largest absolute Gasteiger partial charge is 0.492 e. The van der Waals surface area contributed by atoms with Gasteiger partial charge in [0.15, 0.2) is 0 Å². The molecule has 0 aliphatic rings. The average Bonchev–Trinajstić information content (AvgIpc) is 2.63. The molecular formula is C18H14Cl3N3O3. The van der Waals surface area contributed by atoms with Gasteiger partial charge in [-0.15, -0.1) is 0 Å². The van der Waals surface area contributed by atoms with Crippen LogP contribution < -0.4 is 15.6 Å². The zero-order valence-corrected chi connectivity index (χ0v) is 16.2. The highest BCUT2D eigenvalue weighted by Crippen LogP contribution is 2.23. The first kappa shape index (κ1) is 19.5. The number of fused-ring (bicyclic) bond motifs is 1. The van der Waals surface area contributed by atoms with Gasteiger partial charge in [0.2, 0.25) is 5.91 Å². The minimum atomic E-state index is -0.392. The smallest absolute Gasteiger partial charge is 0.261 e. The molecule has 0 saturated carbocycles. The summed E-state index contributed by atoms with van der Waals surface area (Å²) in [6, 6.07) is 9.89. The molecule has 1 N–H and O–H groups in total. The molecule has 3 rings (SSSR count). The fourth-order valence-electron chi connectivity index (χ4n) is 2.41. The molecule has 0 fully saturated rings. The second-order valence-corrected chi connectivity index (χ2v) is 6.89. The number of amides is 1. The first-order valence-corrected chi connectivity index (χ1v) is 9.06. The van der Waals surface area contributed by atoms with E-state index in [1.165, 1.54) is 23.0 Å². The van der Waals surface area contributed by atoms with Crippen molar-refractivity contribution in [3.05, 3.63) is 68.1 Å². The van der Waals surface area contributed by atoms with Crippen LogP contribution in [-0.4, -0.2) is 28.6 Å². The van der Waals surface area contributed by atoms with Crippen LogP contribution >= 0.6 is 34.8 Å². The van der Waals surface area contributed by atoms with Crippen LogP contribution in [0, 0.1) is 0 Å². The summed E-state index contributed by atoms with van der Waals surface area (Å²) in [5.41, 5.74) is -0.0453. The number of carbonyl (C=O) groups is 1. The molecular weight excluding hydrogens is 413 g/mol. The number of carbonyl (C=O) groups excluding carboxylic acids is 1. The predicted molar refractivity (Wildman–Crippen MR) is 106 cm³/mol. The quantitative estimate of drug-likeness (QED) is 0.612. The monoisotopic (exact) mass is 425 g/mol. The molecule has 0 bridgehead atoms. The van der Waals surface area contributed by atoms with E-state index in [1.807, 2.05) is 0 Å². The molecule has 27 heavy (non-hydrogen) atoms. The molecule has 9 heteroatoms. The zero-order valence-electron chi connectivity index (χ0n) is 13.9. The summed E-state index contributed by atoms with van der Waals surface area (Å²) in [6.45, 7) is 0.394. The normalized spacial score (nSPS) is 10.8. The van der Waals surface area contributed by atoms with Gasteiger partial charge >= 0.3 is 0 Å². The Morgan fingerprint density at radius 3 is 2.59 bits per heavy atom. The summed E-state index contributed by atoms with van der Waals surface area (Å²) in [6.07, 6.45) is 1.29. The fourth-order valence-corrected chi connectivity index (χ4v) is 3.08. The van der Waals surface area contributed by atoms with Crippen molar-refractivity contribution in [2.24, 2.45) is 0 Å². The molecule has 6 nitrogen and oxygen atoms in total. The number of aromatic nitrogens is 2. The minimum absolute atomic E-state index is 0.174. The van der Waals surface area contributed by atoms with E-state index in [2.05, 4.69) is 10.3 Å². The van der Waals surface area contributed by atoms with Gasteiger partial charge in [0, 0.05) is 10.0 Å². The maximum absolute atomic E-state index is 12.5. The number of nitrogens with one attached hydrogen (secondary N) is 1. The van der Waals surface area contributed by atoms with Gasteiger partial charge in [0.05, 0.1) is 28.8 Å². The molecule has 0 aliphatic heterocycles. The van der Waals surface area contributed by atoms with Crippen LogP contribution in [0.5, 0.6) is 5.75 Å². The molecule has 0 atom stereocenters. The molecule has 140 valence electrons. The number of hydrogen-bond donors (Lipinski definition) is 1. The summed E-state index contributed by atoms with van der Waals surface area (Å²) in [7, 11) is 0. The Morgan fingerprint density at radius 2 is 1.85 bits per heavy atom. The minimum Gasteiger partial charge on any atom is -0.492 e. The molecule has 2 aromatic carbocycles. The maximum Gasteiger partial charge on any atom is 0.261 e. The van der Waals surface area contributed by atoms with E-state index < -0.39 is 5.56 Å². The summed E-state index contributed by atoms with van der Waals surface area (Å²) in [4.78, 5) is 28.7. The molecule has 1 heterocycles. The zero-order chi connectivity index (χ0) is 19.4. The van der Waals surface area contributed by atoms with Crippen molar-refractivity contribution in [2.45, 2.75) is 6.54 Å². The Bertz CT molecular complexity index is 1040. The van der Waals surface area contributed by atoms with Crippen molar-refractivity contribution in [3.63, 3.8) is 0 Å². The highest BCUT2D eigenvalue weighted by molar-refractivity contribution is 6.38. The van der Waals surface area contributed by atoms with Gasteiger partial charge in [-0.05, 0) is 36.4 Å². The Hall–Kier alpha value is -2.28. The number of nitrogens with zero attached hydrogens (tertiary/aromatic N) is 2. The van der Waals surface area contributed by atoms with E-state index in [0.29, 0.717) is 21.3 Å². The van der Waals surface area contributed by atoms with Gasteiger partial charge in [0.25, 0.3) is 5.56 Å². The molecule has 0 saturated heterocycles. The van der Waals surface area contributed by atoms with Crippen LogP contribution in [-0.2, 0) is 11.3 Å². The lowest BCUT2D eigenvalue weighted by Gasteiger charge is -2.10. The third-order valence-corrected chi connectivity index (χ3v) is 4.42. The lowest BCUT2D eigenvalue weighted by molar-refractivity contribution is -0.121. The molecule has 1 aromatic heterocycles. The van der Waals surface area contributed by atoms with Gasteiger partial charge in [-0.25, -0.2) is 4.98 Å². The Morgan fingerprint density at radius 1 is 1.11 bits per heavy atom. The Balaban J connectivity index is 1.58. The number of ether oxygens (including phenoxy) is 1. The molecule has 0 unspecified atom stereocenters. The Labute approximate surface area is 169 Å². The van der Waals surface area contributed by atoms with E-state index >= 15 is 0 Å². The fraction of sp³-hybridized carbons (Fsp3) is 0.167. The molecule has 0 aliphatic carbocycles. The van der Waals surface area contributed by atoms with Crippen molar-refractivity contribution >= 4 is 51.6 Å². The predicted octanol–water partition coefficient (Wildman–Crippen LogP) is 3.55. The van der Waals surface area contributed by atoms with Crippen LogP contribution in [0.15, 0.2) is 47.5 Å². The van der Waals surface area contributed by atoms with Crippen molar-refractivity contribution in [2.75, 3.05) is 13.2 Å². The van der Waals surface area contributed by atoms with E-state index in [4.69, 9.17) is 39.5 Å². The highest BCUT2D eigenvalue weighted by atomic mass is 35.5. The summed E-state index contributed by atoms with van der Waals surface area (Å²) >= 11 is 17.8. The highest BCUT2D eigenvalue weighted by Gasteiger charge is 2.11. The standard InChI is InChI=1S/C18H14Cl3N3O3/c19-11-1-3-13(4-2-11)27-6-5-22-16(25)9-24-10-23-17-14(18(24)26)7-12(20)8-15(17)21/h1-4,7-8,10H,5-6,9H2,(H,22,25). The van der Waals surface area contributed by atoms with Gasteiger partial charge in [0.1, 0.15) is 18.9 Å².